The maximum Gasteiger partial charge on any atom is 0.153 e. The second kappa shape index (κ2) is 8.11. The average Bonchev–Trinajstić information content (AvgIpc) is 3.00. The molecule has 0 amide bonds. The van der Waals surface area contributed by atoms with Crippen LogP contribution >= 0.6 is 12.4 Å². The Balaban J connectivity index is 0.00000218. The first-order valence-electron chi connectivity index (χ1n) is 10.1. The predicted molar refractivity (Wildman–Crippen MR) is 123 cm³/mol. The first kappa shape index (κ1) is 20.4. The van der Waals surface area contributed by atoms with Crippen molar-refractivity contribution in [3.05, 3.63) is 94.6 Å². The van der Waals surface area contributed by atoms with E-state index in [0.29, 0.717) is 12.1 Å². The summed E-state index contributed by atoms with van der Waals surface area (Å²) in [7, 11) is 0. The maximum absolute atomic E-state index is 14.4. The zero-order chi connectivity index (χ0) is 20.0. The molecule has 5 heteroatoms. The highest BCUT2D eigenvalue weighted by molar-refractivity contribution is 5.93. The number of fused-ring (bicyclic) bond motifs is 2. The number of halogens is 2. The van der Waals surface area contributed by atoms with Crippen LogP contribution in [0.15, 0.2) is 60.8 Å². The highest BCUT2D eigenvalue weighted by atomic mass is 35.5. The summed E-state index contributed by atoms with van der Waals surface area (Å²) in [5.41, 5.74) is 6.98. The van der Waals surface area contributed by atoms with Gasteiger partial charge in [-0.05, 0) is 49.1 Å². The van der Waals surface area contributed by atoms with Crippen molar-refractivity contribution in [1.29, 1.82) is 0 Å². The van der Waals surface area contributed by atoms with Gasteiger partial charge in [-0.25, -0.2) is 9.37 Å². The molecule has 3 heterocycles. The SMILES string of the molecule is Cc1c(C)n(Cc2ccccc2F)c2c(N3CCc4ccccc4C3)nccc12.Cl. The highest BCUT2D eigenvalue weighted by Crippen LogP contribution is 2.34. The van der Waals surface area contributed by atoms with Crippen molar-refractivity contribution in [2.45, 2.75) is 33.4 Å². The minimum Gasteiger partial charge on any atom is -0.350 e. The van der Waals surface area contributed by atoms with Crippen LogP contribution in [-0.2, 0) is 19.5 Å². The molecule has 4 aromatic rings. The Bertz CT molecular complexity index is 1210. The quantitative estimate of drug-likeness (QED) is 0.415. The fraction of sp³-hybridized carbons (Fsp3) is 0.240. The molecular formula is C25H25ClFN3. The number of aryl methyl sites for hydroxylation is 1. The van der Waals surface area contributed by atoms with Crippen molar-refractivity contribution in [2.75, 3.05) is 11.4 Å². The molecular weight excluding hydrogens is 397 g/mol. The molecule has 0 aliphatic carbocycles. The molecule has 1 aliphatic heterocycles. The van der Waals surface area contributed by atoms with E-state index < -0.39 is 0 Å². The van der Waals surface area contributed by atoms with Crippen LogP contribution in [0.4, 0.5) is 10.2 Å². The Labute approximate surface area is 182 Å². The number of hydrogen-bond donors (Lipinski definition) is 0. The standard InChI is InChI=1S/C25H24FN3.ClH/c1-17-18(2)29(16-21-9-5-6-10-23(21)26)24-22(17)11-13-27-25(24)28-14-12-19-7-3-4-8-20(19)15-28;/h3-11,13H,12,14-16H2,1-2H3;1H. The summed E-state index contributed by atoms with van der Waals surface area (Å²) in [6.45, 7) is 6.56. The van der Waals surface area contributed by atoms with Crippen LogP contribution < -0.4 is 4.90 Å². The molecule has 30 heavy (non-hydrogen) atoms. The molecule has 0 radical (unpaired) electrons. The summed E-state index contributed by atoms with van der Waals surface area (Å²) < 4.78 is 16.6. The third kappa shape index (κ3) is 3.35. The van der Waals surface area contributed by atoms with Crippen LogP contribution in [-0.4, -0.2) is 16.1 Å². The van der Waals surface area contributed by atoms with Crippen LogP contribution in [0.3, 0.4) is 0 Å². The lowest BCUT2D eigenvalue weighted by molar-refractivity contribution is 0.600. The number of nitrogens with zero attached hydrogens (tertiary/aromatic N) is 3. The third-order valence-corrected chi connectivity index (χ3v) is 6.24. The van der Waals surface area contributed by atoms with E-state index in [4.69, 9.17) is 4.98 Å². The predicted octanol–water partition coefficient (Wildman–Crippen LogP) is 5.83. The fourth-order valence-electron chi connectivity index (χ4n) is 4.48. The van der Waals surface area contributed by atoms with Gasteiger partial charge in [-0.2, -0.15) is 0 Å². The molecule has 0 saturated carbocycles. The van der Waals surface area contributed by atoms with E-state index >= 15 is 0 Å². The molecule has 154 valence electrons. The number of anilines is 1. The zero-order valence-electron chi connectivity index (χ0n) is 17.2. The van der Waals surface area contributed by atoms with Crippen LogP contribution in [0, 0.1) is 19.7 Å². The van der Waals surface area contributed by atoms with Crippen molar-refractivity contribution < 1.29 is 4.39 Å². The van der Waals surface area contributed by atoms with E-state index in [9.17, 15) is 4.39 Å². The Morgan fingerprint density at radius 3 is 2.50 bits per heavy atom. The summed E-state index contributed by atoms with van der Waals surface area (Å²) in [5.74, 6) is 0.827. The number of benzene rings is 2. The summed E-state index contributed by atoms with van der Waals surface area (Å²) in [6, 6.07) is 17.7. The van der Waals surface area contributed by atoms with Gasteiger partial charge in [-0.1, -0.05) is 42.5 Å². The first-order valence-corrected chi connectivity index (χ1v) is 10.1. The Hall–Kier alpha value is -2.85. The zero-order valence-corrected chi connectivity index (χ0v) is 18.0. The van der Waals surface area contributed by atoms with Gasteiger partial charge in [0.2, 0.25) is 0 Å². The molecule has 0 N–H and O–H groups in total. The maximum atomic E-state index is 14.4. The molecule has 0 bridgehead atoms. The van der Waals surface area contributed by atoms with E-state index in [-0.39, 0.29) is 18.2 Å². The monoisotopic (exact) mass is 421 g/mol. The van der Waals surface area contributed by atoms with Crippen molar-refractivity contribution in [3.63, 3.8) is 0 Å². The molecule has 0 fully saturated rings. The van der Waals surface area contributed by atoms with Gasteiger partial charge in [0.1, 0.15) is 5.82 Å². The van der Waals surface area contributed by atoms with Crippen LogP contribution in [0.1, 0.15) is 27.9 Å². The molecule has 5 rings (SSSR count). The molecule has 2 aromatic heterocycles. The topological polar surface area (TPSA) is 21.1 Å². The van der Waals surface area contributed by atoms with E-state index in [2.05, 4.69) is 53.6 Å². The van der Waals surface area contributed by atoms with E-state index in [1.54, 1.807) is 6.07 Å². The average molecular weight is 422 g/mol. The van der Waals surface area contributed by atoms with Gasteiger partial charge in [0, 0.05) is 35.9 Å². The number of rotatable bonds is 3. The molecule has 0 saturated heterocycles. The van der Waals surface area contributed by atoms with Gasteiger partial charge < -0.3 is 9.47 Å². The van der Waals surface area contributed by atoms with Gasteiger partial charge in [-0.3, -0.25) is 0 Å². The first-order chi connectivity index (χ1) is 14.1. The molecule has 0 atom stereocenters. The normalized spacial score (nSPS) is 13.2. The van der Waals surface area contributed by atoms with E-state index in [1.807, 2.05) is 18.3 Å². The highest BCUT2D eigenvalue weighted by Gasteiger charge is 2.23. The summed E-state index contributed by atoms with van der Waals surface area (Å²) in [5, 5.41) is 1.20. The molecule has 2 aromatic carbocycles. The Morgan fingerprint density at radius 2 is 1.70 bits per heavy atom. The lowest BCUT2D eigenvalue weighted by atomic mass is 10.00. The van der Waals surface area contributed by atoms with Crippen molar-refractivity contribution in [2.24, 2.45) is 0 Å². The lowest BCUT2D eigenvalue weighted by Crippen LogP contribution is -2.31. The minimum atomic E-state index is -0.163. The van der Waals surface area contributed by atoms with Gasteiger partial charge in [0.15, 0.2) is 5.82 Å². The van der Waals surface area contributed by atoms with Crippen molar-refractivity contribution in [1.82, 2.24) is 9.55 Å². The van der Waals surface area contributed by atoms with Gasteiger partial charge in [0.05, 0.1) is 12.1 Å². The number of aromatic nitrogens is 2. The van der Waals surface area contributed by atoms with Crippen LogP contribution in [0.25, 0.3) is 10.9 Å². The van der Waals surface area contributed by atoms with Gasteiger partial charge >= 0.3 is 0 Å². The second-order valence-corrected chi connectivity index (χ2v) is 7.86. The van der Waals surface area contributed by atoms with E-state index in [0.717, 1.165) is 36.5 Å². The summed E-state index contributed by atoms with van der Waals surface area (Å²) in [6.07, 6.45) is 2.91. The van der Waals surface area contributed by atoms with Crippen LogP contribution in [0.2, 0.25) is 0 Å². The molecule has 0 spiro atoms. The van der Waals surface area contributed by atoms with Crippen LogP contribution in [0.5, 0.6) is 0 Å². The van der Waals surface area contributed by atoms with Gasteiger partial charge in [-0.15, -0.1) is 12.4 Å². The second-order valence-electron chi connectivity index (χ2n) is 7.86. The Morgan fingerprint density at radius 1 is 0.967 bits per heavy atom. The van der Waals surface area contributed by atoms with Crippen molar-refractivity contribution in [3.8, 4) is 0 Å². The largest absolute Gasteiger partial charge is 0.350 e. The number of pyridine rings is 1. The summed E-state index contributed by atoms with van der Waals surface area (Å²) >= 11 is 0. The van der Waals surface area contributed by atoms with Gasteiger partial charge in [0.25, 0.3) is 0 Å². The number of hydrogen-bond acceptors (Lipinski definition) is 2. The van der Waals surface area contributed by atoms with E-state index in [1.165, 1.54) is 28.1 Å². The minimum absolute atomic E-state index is 0. The Kier molecular flexibility index (Phi) is 5.52. The molecule has 1 aliphatic rings. The summed E-state index contributed by atoms with van der Waals surface area (Å²) in [4.78, 5) is 7.16. The van der Waals surface area contributed by atoms with Crippen molar-refractivity contribution >= 4 is 29.1 Å². The lowest BCUT2D eigenvalue weighted by Gasteiger charge is -2.30. The third-order valence-electron chi connectivity index (χ3n) is 6.24. The smallest absolute Gasteiger partial charge is 0.153 e. The molecule has 3 nitrogen and oxygen atoms in total. The fourth-order valence-corrected chi connectivity index (χ4v) is 4.48. The molecule has 0 unspecified atom stereocenters.